The van der Waals surface area contributed by atoms with Crippen LogP contribution >= 0.6 is 0 Å². The van der Waals surface area contributed by atoms with Crippen LogP contribution in [0.2, 0.25) is 0 Å². The highest BCUT2D eigenvalue weighted by molar-refractivity contribution is 5.93. The van der Waals surface area contributed by atoms with Crippen LogP contribution in [0.1, 0.15) is 54.4 Å². The van der Waals surface area contributed by atoms with Crippen molar-refractivity contribution < 1.29 is 9.53 Å². The second-order valence-corrected chi connectivity index (χ2v) is 6.98. The largest absolute Gasteiger partial charge is 0.497 e. The highest BCUT2D eigenvalue weighted by Crippen LogP contribution is 2.17. The lowest BCUT2D eigenvalue weighted by Crippen LogP contribution is -2.34. The third kappa shape index (κ3) is 5.94. The number of anilines is 1. The van der Waals surface area contributed by atoms with Crippen LogP contribution in [-0.4, -0.2) is 35.6 Å². The first-order valence-corrected chi connectivity index (χ1v) is 9.74. The highest BCUT2D eigenvalue weighted by Gasteiger charge is 2.16. The molecule has 0 atom stereocenters. The summed E-state index contributed by atoms with van der Waals surface area (Å²) in [7, 11) is 1.66. The average molecular weight is 368 g/mol. The number of ether oxygens (including phenoxy) is 1. The summed E-state index contributed by atoms with van der Waals surface area (Å²) in [5, 5.41) is 6.31. The molecule has 0 aliphatic heterocycles. The van der Waals surface area contributed by atoms with Gasteiger partial charge in [-0.25, -0.2) is 9.97 Å². The van der Waals surface area contributed by atoms with Crippen LogP contribution in [0.4, 0.5) is 5.95 Å². The van der Waals surface area contributed by atoms with Crippen molar-refractivity contribution >= 4 is 11.9 Å². The smallest absolute Gasteiger partial charge is 0.254 e. The van der Waals surface area contributed by atoms with Crippen LogP contribution < -0.4 is 15.4 Å². The minimum atomic E-state index is -0.0771. The molecular formula is C21H28N4O2. The first-order chi connectivity index (χ1) is 13.2. The maximum atomic E-state index is 12.4. The average Bonchev–Trinajstić information content (AvgIpc) is 2.98. The Kier molecular flexibility index (Phi) is 7.02. The molecule has 0 spiro atoms. The van der Waals surface area contributed by atoms with Crippen LogP contribution in [0.15, 0.2) is 36.7 Å². The van der Waals surface area contributed by atoms with E-state index >= 15 is 0 Å². The minimum Gasteiger partial charge on any atom is -0.497 e. The van der Waals surface area contributed by atoms with Crippen molar-refractivity contribution in [2.24, 2.45) is 0 Å². The number of rotatable bonds is 7. The Morgan fingerprint density at radius 3 is 2.37 bits per heavy atom. The first kappa shape index (κ1) is 19.1. The Morgan fingerprint density at radius 2 is 1.74 bits per heavy atom. The van der Waals surface area contributed by atoms with Gasteiger partial charge in [0.15, 0.2) is 0 Å². The standard InChI is InChI=1S/C21H28N4O2/c1-27-19-10-8-16(9-11-19)12-13-22-21-23-14-17(15-24-21)20(26)25-18-6-4-2-3-5-7-18/h8-11,14-15,18H,2-7,12-13H2,1H3,(H,25,26)(H,22,23,24). The monoisotopic (exact) mass is 368 g/mol. The molecule has 1 amide bonds. The van der Waals surface area contributed by atoms with Crippen LogP contribution in [0.5, 0.6) is 5.75 Å². The van der Waals surface area contributed by atoms with Crippen LogP contribution in [0.3, 0.4) is 0 Å². The number of carbonyl (C=O) groups excluding carboxylic acids is 1. The van der Waals surface area contributed by atoms with Crippen molar-refractivity contribution in [3.05, 3.63) is 47.8 Å². The van der Waals surface area contributed by atoms with Gasteiger partial charge in [0.1, 0.15) is 5.75 Å². The van der Waals surface area contributed by atoms with E-state index in [2.05, 4.69) is 20.6 Å². The molecule has 1 aromatic heterocycles. The van der Waals surface area contributed by atoms with Gasteiger partial charge < -0.3 is 15.4 Å². The van der Waals surface area contributed by atoms with Crippen LogP contribution in [0, 0.1) is 0 Å². The van der Waals surface area contributed by atoms with E-state index in [1.165, 1.54) is 31.2 Å². The molecular weight excluding hydrogens is 340 g/mol. The normalized spacial score (nSPS) is 15.0. The van der Waals surface area contributed by atoms with Gasteiger partial charge in [-0.2, -0.15) is 0 Å². The Balaban J connectivity index is 1.45. The van der Waals surface area contributed by atoms with E-state index in [0.717, 1.165) is 31.6 Å². The molecule has 2 N–H and O–H groups in total. The topological polar surface area (TPSA) is 76.1 Å². The van der Waals surface area contributed by atoms with Gasteiger partial charge in [0, 0.05) is 25.0 Å². The number of hydrogen-bond donors (Lipinski definition) is 2. The van der Waals surface area contributed by atoms with Crippen molar-refractivity contribution in [1.82, 2.24) is 15.3 Å². The van der Waals surface area contributed by atoms with E-state index in [4.69, 9.17) is 4.74 Å². The molecule has 0 bridgehead atoms. The molecule has 0 unspecified atom stereocenters. The van der Waals surface area contributed by atoms with Crippen LogP contribution in [-0.2, 0) is 6.42 Å². The summed E-state index contributed by atoms with van der Waals surface area (Å²) >= 11 is 0. The molecule has 0 saturated heterocycles. The summed E-state index contributed by atoms with van der Waals surface area (Å²) < 4.78 is 5.16. The van der Waals surface area contributed by atoms with E-state index < -0.39 is 0 Å². The quantitative estimate of drug-likeness (QED) is 0.731. The SMILES string of the molecule is COc1ccc(CCNc2ncc(C(=O)NC3CCCCCC3)cn2)cc1. The molecule has 1 heterocycles. The van der Waals surface area contributed by atoms with Gasteiger partial charge in [0.25, 0.3) is 5.91 Å². The van der Waals surface area contributed by atoms with Crippen molar-refractivity contribution in [2.45, 2.75) is 51.0 Å². The summed E-state index contributed by atoms with van der Waals surface area (Å²) in [6, 6.07) is 8.27. The Hall–Kier alpha value is -2.63. The van der Waals surface area contributed by atoms with E-state index in [0.29, 0.717) is 11.5 Å². The Bertz CT molecular complexity index is 708. The first-order valence-electron chi connectivity index (χ1n) is 9.74. The molecule has 0 radical (unpaired) electrons. The van der Waals surface area contributed by atoms with Gasteiger partial charge in [-0.3, -0.25) is 4.79 Å². The summed E-state index contributed by atoms with van der Waals surface area (Å²) in [4.78, 5) is 20.9. The third-order valence-corrected chi connectivity index (χ3v) is 4.96. The zero-order valence-corrected chi connectivity index (χ0v) is 15.9. The molecule has 1 aliphatic carbocycles. The number of nitrogens with zero attached hydrogens (tertiary/aromatic N) is 2. The molecule has 1 fully saturated rings. The van der Waals surface area contributed by atoms with Gasteiger partial charge in [-0.1, -0.05) is 37.8 Å². The molecule has 1 saturated carbocycles. The van der Waals surface area contributed by atoms with Crippen molar-refractivity contribution in [3.8, 4) is 5.75 Å². The fraction of sp³-hybridized carbons (Fsp3) is 0.476. The van der Waals surface area contributed by atoms with Gasteiger partial charge in [0.05, 0.1) is 12.7 Å². The maximum absolute atomic E-state index is 12.4. The van der Waals surface area contributed by atoms with E-state index in [-0.39, 0.29) is 11.9 Å². The summed E-state index contributed by atoms with van der Waals surface area (Å²) in [6.45, 7) is 0.722. The van der Waals surface area contributed by atoms with Crippen molar-refractivity contribution in [2.75, 3.05) is 19.0 Å². The van der Waals surface area contributed by atoms with Gasteiger partial charge in [-0.05, 0) is 37.0 Å². The number of carbonyl (C=O) groups is 1. The third-order valence-electron chi connectivity index (χ3n) is 4.96. The predicted octanol–water partition coefficient (Wildman–Crippen LogP) is 3.59. The minimum absolute atomic E-state index is 0.0771. The van der Waals surface area contributed by atoms with Gasteiger partial charge in [-0.15, -0.1) is 0 Å². The molecule has 1 aliphatic rings. The Labute approximate surface area is 160 Å². The summed E-state index contributed by atoms with van der Waals surface area (Å²) in [6.07, 6.45) is 11.1. The lowest BCUT2D eigenvalue weighted by molar-refractivity contribution is 0.0932. The molecule has 6 nitrogen and oxygen atoms in total. The van der Waals surface area contributed by atoms with Gasteiger partial charge in [0.2, 0.25) is 5.95 Å². The van der Waals surface area contributed by atoms with E-state index in [9.17, 15) is 4.79 Å². The van der Waals surface area contributed by atoms with E-state index in [1.807, 2.05) is 24.3 Å². The lowest BCUT2D eigenvalue weighted by atomic mass is 10.1. The highest BCUT2D eigenvalue weighted by atomic mass is 16.5. The predicted molar refractivity (Wildman–Crippen MR) is 106 cm³/mol. The second kappa shape index (κ2) is 9.90. The number of benzene rings is 1. The zero-order valence-electron chi connectivity index (χ0n) is 15.9. The van der Waals surface area contributed by atoms with Crippen molar-refractivity contribution in [1.29, 1.82) is 0 Å². The zero-order chi connectivity index (χ0) is 18.9. The molecule has 144 valence electrons. The molecule has 2 aromatic rings. The summed E-state index contributed by atoms with van der Waals surface area (Å²) in [5.74, 6) is 1.31. The number of methoxy groups -OCH3 is 1. The number of hydrogen-bond acceptors (Lipinski definition) is 5. The molecule has 27 heavy (non-hydrogen) atoms. The van der Waals surface area contributed by atoms with Gasteiger partial charge >= 0.3 is 0 Å². The molecule has 1 aromatic carbocycles. The van der Waals surface area contributed by atoms with E-state index in [1.54, 1.807) is 19.5 Å². The molecule has 3 rings (SSSR count). The van der Waals surface area contributed by atoms with Crippen LogP contribution in [0.25, 0.3) is 0 Å². The number of aromatic nitrogens is 2. The Morgan fingerprint density at radius 1 is 1.07 bits per heavy atom. The number of nitrogens with one attached hydrogen (secondary N) is 2. The molecule has 6 heteroatoms. The number of amides is 1. The second-order valence-electron chi connectivity index (χ2n) is 6.98. The maximum Gasteiger partial charge on any atom is 0.254 e. The fourth-order valence-electron chi connectivity index (χ4n) is 3.34. The lowest BCUT2D eigenvalue weighted by Gasteiger charge is -2.16. The van der Waals surface area contributed by atoms with Crippen molar-refractivity contribution in [3.63, 3.8) is 0 Å². The fourth-order valence-corrected chi connectivity index (χ4v) is 3.34. The summed E-state index contributed by atoms with van der Waals surface area (Å²) in [5.41, 5.74) is 1.72.